The lowest BCUT2D eigenvalue weighted by molar-refractivity contribution is -0.115. The normalized spacial score (nSPS) is 17.6. The summed E-state index contributed by atoms with van der Waals surface area (Å²) in [6.45, 7) is 9.19. The highest BCUT2D eigenvalue weighted by Gasteiger charge is 2.21. The summed E-state index contributed by atoms with van der Waals surface area (Å²) in [5.74, 6) is 0.775. The molecule has 0 radical (unpaired) electrons. The van der Waals surface area contributed by atoms with Crippen LogP contribution in [0.1, 0.15) is 56.5 Å². The van der Waals surface area contributed by atoms with Gasteiger partial charge < -0.3 is 5.32 Å². The number of amides is 1. The van der Waals surface area contributed by atoms with Gasteiger partial charge in [-0.25, -0.2) is 0 Å². The van der Waals surface area contributed by atoms with E-state index in [0.29, 0.717) is 22.6 Å². The zero-order valence-corrected chi connectivity index (χ0v) is 14.4. The molecule has 0 bridgehead atoms. The molecule has 0 aliphatic carbocycles. The Balaban J connectivity index is 2.01. The largest absolute Gasteiger partial charge is 0.326 e. The molecule has 0 saturated heterocycles. The van der Waals surface area contributed by atoms with Crippen LogP contribution in [0.4, 0.5) is 5.69 Å². The summed E-state index contributed by atoms with van der Waals surface area (Å²) < 4.78 is 0. The third-order valence-corrected chi connectivity index (χ3v) is 4.59. The zero-order valence-electron chi connectivity index (χ0n) is 12.8. The van der Waals surface area contributed by atoms with E-state index < -0.39 is 0 Å². The van der Waals surface area contributed by atoms with Crippen molar-refractivity contribution < 1.29 is 4.79 Å². The fourth-order valence-corrected chi connectivity index (χ4v) is 3.99. The first-order valence-corrected chi connectivity index (χ1v) is 8.23. The first kappa shape index (κ1) is 15.6. The van der Waals surface area contributed by atoms with E-state index in [9.17, 15) is 4.79 Å². The van der Waals surface area contributed by atoms with Crippen LogP contribution < -0.4 is 5.32 Å². The first-order chi connectivity index (χ1) is 9.24. The minimum atomic E-state index is 0.101. The Kier molecular flexibility index (Phi) is 4.58. The van der Waals surface area contributed by atoms with Crippen LogP contribution in [-0.2, 0) is 11.2 Å². The number of rotatable bonds is 4. The number of carbonyl (C=O) groups is 1. The van der Waals surface area contributed by atoms with E-state index >= 15 is 0 Å². The van der Waals surface area contributed by atoms with Gasteiger partial charge in [0.2, 0.25) is 5.91 Å². The molecule has 0 aromatic heterocycles. The highest BCUT2D eigenvalue weighted by atomic mass is 79.9. The Bertz CT molecular complexity index is 504. The molecule has 20 heavy (non-hydrogen) atoms. The molecule has 2 atom stereocenters. The van der Waals surface area contributed by atoms with Gasteiger partial charge >= 0.3 is 0 Å². The van der Waals surface area contributed by atoms with E-state index in [1.165, 1.54) is 12.0 Å². The molecule has 2 rings (SSSR count). The Morgan fingerprint density at radius 1 is 1.35 bits per heavy atom. The molecule has 1 heterocycles. The number of halogens is 1. The summed E-state index contributed by atoms with van der Waals surface area (Å²) in [4.78, 5) is 11.8. The van der Waals surface area contributed by atoms with E-state index in [-0.39, 0.29) is 5.91 Å². The van der Waals surface area contributed by atoms with Gasteiger partial charge in [-0.15, -0.1) is 0 Å². The van der Waals surface area contributed by atoms with Crippen molar-refractivity contribution in [2.24, 2.45) is 11.3 Å². The van der Waals surface area contributed by atoms with Crippen LogP contribution in [0.15, 0.2) is 18.2 Å². The number of hydrogen-bond acceptors (Lipinski definition) is 1. The van der Waals surface area contributed by atoms with E-state index in [4.69, 9.17) is 0 Å². The smallest absolute Gasteiger partial charge is 0.228 e. The maximum absolute atomic E-state index is 11.4. The highest BCUT2D eigenvalue weighted by molar-refractivity contribution is 9.09. The zero-order chi connectivity index (χ0) is 14.9. The van der Waals surface area contributed by atoms with Gasteiger partial charge in [0.15, 0.2) is 0 Å². The maximum atomic E-state index is 11.4. The fraction of sp³-hybridized carbons (Fsp3) is 0.588. The Hall–Kier alpha value is -0.830. The van der Waals surface area contributed by atoms with Gasteiger partial charge in [0.1, 0.15) is 0 Å². The number of alkyl halides is 1. The molecule has 1 aliphatic rings. The van der Waals surface area contributed by atoms with Gasteiger partial charge in [-0.1, -0.05) is 55.8 Å². The predicted molar refractivity (Wildman–Crippen MR) is 88.3 cm³/mol. The van der Waals surface area contributed by atoms with Gasteiger partial charge in [-0.2, -0.15) is 0 Å². The van der Waals surface area contributed by atoms with Crippen molar-refractivity contribution in [3.05, 3.63) is 29.3 Å². The lowest BCUT2D eigenvalue weighted by Gasteiger charge is -2.25. The molecule has 1 aromatic rings. The third kappa shape index (κ3) is 4.08. The van der Waals surface area contributed by atoms with E-state index in [1.54, 1.807) is 0 Å². The maximum Gasteiger partial charge on any atom is 0.228 e. The molecule has 0 saturated carbocycles. The van der Waals surface area contributed by atoms with Gasteiger partial charge in [0, 0.05) is 10.5 Å². The SMILES string of the molecule is CC(CC(Br)c1ccc2c(c1)CC(=O)N2)CC(C)(C)C. The fourth-order valence-electron chi connectivity index (χ4n) is 3.06. The topological polar surface area (TPSA) is 29.1 Å². The molecule has 1 aromatic carbocycles. The monoisotopic (exact) mass is 337 g/mol. The van der Waals surface area contributed by atoms with Crippen LogP contribution in [0.3, 0.4) is 0 Å². The van der Waals surface area contributed by atoms with E-state index in [2.05, 4.69) is 61.1 Å². The first-order valence-electron chi connectivity index (χ1n) is 7.31. The third-order valence-electron chi connectivity index (χ3n) is 3.69. The number of hydrogen-bond donors (Lipinski definition) is 1. The molecule has 0 fully saturated rings. The van der Waals surface area contributed by atoms with Crippen LogP contribution in [0.2, 0.25) is 0 Å². The summed E-state index contributed by atoms with van der Waals surface area (Å²) in [7, 11) is 0. The lowest BCUT2D eigenvalue weighted by Crippen LogP contribution is -2.12. The average Bonchev–Trinajstić information content (AvgIpc) is 2.64. The summed E-state index contributed by atoms with van der Waals surface area (Å²) in [5.41, 5.74) is 3.75. The van der Waals surface area contributed by atoms with Crippen molar-refractivity contribution in [1.29, 1.82) is 0 Å². The Morgan fingerprint density at radius 2 is 2.05 bits per heavy atom. The molecule has 0 spiro atoms. The van der Waals surface area contributed by atoms with Gasteiger partial charge in [0.05, 0.1) is 6.42 Å². The van der Waals surface area contributed by atoms with Crippen LogP contribution in [0.5, 0.6) is 0 Å². The van der Waals surface area contributed by atoms with Crippen molar-refractivity contribution in [3.8, 4) is 0 Å². The average molecular weight is 338 g/mol. The van der Waals surface area contributed by atoms with E-state index in [0.717, 1.165) is 17.7 Å². The van der Waals surface area contributed by atoms with Crippen molar-refractivity contribution >= 4 is 27.5 Å². The molecule has 110 valence electrons. The van der Waals surface area contributed by atoms with Crippen LogP contribution in [-0.4, -0.2) is 5.91 Å². The lowest BCUT2D eigenvalue weighted by atomic mass is 9.83. The Morgan fingerprint density at radius 3 is 2.70 bits per heavy atom. The van der Waals surface area contributed by atoms with Gasteiger partial charge in [-0.05, 0) is 41.4 Å². The summed E-state index contributed by atoms with van der Waals surface area (Å²) in [5, 5.41) is 2.88. The molecule has 2 unspecified atom stereocenters. The van der Waals surface area contributed by atoms with Crippen molar-refractivity contribution in [2.75, 3.05) is 5.32 Å². The number of carbonyl (C=O) groups excluding carboxylic acids is 1. The van der Waals surface area contributed by atoms with Crippen LogP contribution in [0, 0.1) is 11.3 Å². The molecule has 1 aliphatic heterocycles. The number of benzene rings is 1. The van der Waals surface area contributed by atoms with Crippen molar-refractivity contribution in [3.63, 3.8) is 0 Å². The highest BCUT2D eigenvalue weighted by Crippen LogP contribution is 2.36. The van der Waals surface area contributed by atoms with Crippen LogP contribution >= 0.6 is 15.9 Å². The second-order valence-electron chi connectivity index (χ2n) is 7.21. The minimum Gasteiger partial charge on any atom is -0.326 e. The minimum absolute atomic E-state index is 0.101. The molecular formula is C17H24BrNO. The van der Waals surface area contributed by atoms with Gasteiger partial charge in [-0.3, -0.25) is 4.79 Å². The predicted octanol–water partition coefficient (Wildman–Crippen LogP) is 5.08. The summed E-state index contributed by atoms with van der Waals surface area (Å²) in [6, 6.07) is 6.31. The second kappa shape index (κ2) is 5.88. The molecule has 2 nitrogen and oxygen atoms in total. The number of fused-ring (bicyclic) bond motifs is 1. The Labute approximate surface area is 130 Å². The molecular weight excluding hydrogens is 314 g/mol. The quantitative estimate of drug-likeness (QED) is 0.762. The van der Waals surface area contributed by atoms with E-state index in [1.807, 2.05) is 6.07 Å². The number of anilines is 1. The van der Waals surface area contributed by atoms with Gasteiger partial charge in [0.25, 0.3) is 0 Å². The molecule has 1 amide bonds. The molecule has 1 N–H and O–H groups in total. The van der Waals surface area contributed by atoms with Crippen LogP contribution in [0.25, 0.3) is 0 Å². The number of nitrogens with one attached hydrogen (secondary N) is 1. The standard InChI is InChI=1S/C17H24BrNO/c1-11(10-17(2,3)4)7-14(18)12-5-6-15-13(8-12)9-16(20)19-15/h5-6,8,11,14H,7,9-10H2,1-4H3,(H,19,20). The summed E-state index contributed by atoms with van der Waals surface area (Å²) >= 11 is 3.81. The van der Waals surface area contributed by atoms with Crippen molar-refractivity contribution in [1.82, 2.24) is 0 Å². The second-order valence-corrected chi connectivity index (χ2v) is 8.32. The van der Waals surface area contributed by atoms with Crippen molar-refractivity contribution in [2.45, 2.75) is 51.8 Å². The summed E-state index contributed by atoms with van der Waals surface area (Å²) in [6.07, 6.45) is 2.86. The molecule has 3 heteroatoms.